The Bertz CT molecular complexity index is 487. The Balaban J connectivity index is 1.98. The number of hydrogen-bond donors (Lipinski definition) is 0. The van der Waals surface area contributed by atoms with Crippen molar-refractivity contribution in [3.63, 3.8) is 0 Å². The van der Waals surface area contributed by atoms with E-state index >= 15 is 0 Å². The van der Waals surface area contributed by atoms with Gasteiger partial charge in [-0.2, -0.15) is 0 Å². The van der Waals surface area contributed by atoms with E-state index in [2.05, 4.69) is 25.8 Å². The third-order valence-corrected chi connectivity index (χ3v) is 3.59. The minimum absolute atomic E-state index is 0.226. The Morgan fingerprint density at radius 2 is 2.24 bits per heavy atom. The van der Waals surface area contributed by atoms with Crippen LogP contribution in [0.1, 0.15) is 11.3 Å². The normalized spacial score (nSPS) is 11.1. The molecule has 1 aromatic heterocycles. The molecule has 90 valence electrons. The summed E-state index contributed by atoms with van der Waals surface area (Å²) in [5.74, 6) is -0.226. The smallest absolute Gasteiger partial charge is 0.137 e. The van der Waals surface area contributed by atoms with Crippen molar-refractivity contribution in [3.8, 4) is 0 Å². The lowest BCUT2D eigenvalue weighted by Crippen LogP contribution is -2.17. The molecule has 1 aromatic carbocycles. The summed E-state index contributed by atoms with van der Waals surface area (Å²) < 4.78 is 13.6. The van der Waals surface area contributed by atoms with Gasteiger partial charge in [-0.25, -0.2) is 9.37 Å². The van der Waals surface area contributed by atoms with E-state index in [4.69, 9.17) is 0 Å². The lowest BCUT2D eigenvalue weighted by atomic mass is 10.2. The molecule has 0 atom stereocenters. The number of aromatic nitrogens is 1. The first-order chi connectivity index (χ1) is 8.15. The second kappa shape index (κ2) is 5.71. The van der Waals surface area contributed by atoms with Gasteiger partial charge in [0.05, 0.1) is 15.7 Å². The van der Waals surface area contributed by atoms with Crippen molar-refractivity contribution in [2.45, 2.75) is 13.1 Å². The zero-order valence-electron chi connectivity index (χ0n) is 9.36. The van der Waals surface area contributed by atoms with Crippen LogP contribution in [-0.4, -0.2) is 16.9 Å². The standard InChI is InChI=1S/C12H12BrFN2S/c1-16(6-10-7-17-8-15-10)5-9-2-3-12(14)11(13)4-9/h2-4,7-8H,5-6H2,1H3. The lowest BCUT2D eigenvalue weighted by molar-refractivity contribution is 0.315. The van der Waals surface area contributed by atoms with Gasteiger partial charge in [-0.15, -0.1) is 11.3 Å². The van der Waals surface area contributed by atoms with Crippen LogP contribution < -0.4 is 0 Å². The van der Waals surface area contributed by atoms with Crippen LogP contribution in [0.4, 0.5) is 4.39 Å². The van der Waals surface area contributed by atoms with Crippen molar-refractivity contribution < 1.29 is 4.39 Å². The molecule has 0 spiro atoms. The highest BCUT2D eigenvalue weighted by Gasteiger charge is 2.05. The topological polar surface area (TPSA) is 16.1 Å². The Labute approximate surface area is 112 Å². The highest BCUT2D eigenvalue weighted by molar-refractivity contribution is 9.10. The van der Waals surface area contributed by atoms with Crippen LogP contribution in [0, 0.1) is 5.82 Å². The summed E-state index contributed by atoms with van der Waals surface area (Å²) in [4.78, 5) is 6.38. The van der Waals surface area contributed by atoms with Crippen LogP contribution >= 0.6 is 27.3 Å². The second-order valence-corrected chi connectivity index (χ2v) is 5.47. The Morgan fingerprint density at radius 1 is 1.41 bits per heavy atom. The molecule has 17 heavy (non-hydrogen) atoms. The van der Waals surface area contributed by atoms with Crippen LogP contribution in [0.2, 0.25) is 0 Å². The fourth-order valence-corrected chi connectivity index (χ4v) is 2.57. The maximum atomic E-state index is 13.1. The van der Waals surface area contributed by atoms with E-state index in [9.17, 15) is 4.39 Å². The molecule has 0 unspecified atom stereocenters. The SMILES string of the molecule is CN(Cc1ccc(F)c(Br)c1)Cc1cscn1. The van der Waals surface area contributed by atoms with E-state index in [1.165, 1.54) is 6.07 Å². The first kappa shape index (κ1) is 12.7. The fourth-order valence-electron chi connectivity index (χ4n) is 1.60. The van der Waals surface area contributed by atoms with Gasteiger partial charge in [-0.1, -0.05) is 6.07 Å². The average molecular weight is 315 g/mol. The van der Waals surface area contributed by atoms with Crippen molar-refractivity contribution in [3.05, 3.63) is 50.6 Å². The molecule has 2 rings (SSSR count). The van der Waals surface area contributed by atoms with Gasteiger partial charge >= 0.3 is 0 Å². The van der Waals surface area contributed by atoms with Gasteiger partial charge in [0, 0.05) is 18.5 Å². The highest BCUT2D eigenvalue weighted by atomic mass is 79.9. The molecule has 0 aliphatic carbocycles. The van der Waals surface area contributed by atoms with Gasteiger partial charge in [-0.3, -0.25) is 4.90 Å². The molecule has 2 nitrogen and oxygen atoms in total. The maximum Gasteiger partial charge on any atom is 0.137 e. The summed E-state index contributed by atoms with van der Waals surface area (Å²) in [6, 6.07) is 5.10. The minimum Gasteiger partial charge on any atom is -0.296 e. The predicted octanol–water partition coefficient (Wildman–Crippen LogP) is 3.68. The first-order valence-corrected chi connectivity index (χ1v) is 6.88. The average Bonchev–Trinajstić information content (AvgIpc) is 2.76. The van der Waals surface area contributed by atoms with Crippen LogP contribution in [0.5, 0.6) is 0 Å². The highest BCUT2D eigenvalue weighted by Crippen LogP contribution is 2.18. The molecule has 0 fully saturated rings. The van der Waals surface area contributed by atoms with E-state index in [1.54, 1.807) is 17.4 Å². The summed E-state index contributed by atoms with van der Waals surface area (Å²) in [5.41, 5.74) is 3.98. The molecule has 0 radical (unpaired) electrons. The largest absolute Gasteiger partial charge is 0.296 e. The van der Waals surface area contributed by atoms with Gasteiger partial charge in [0.15, 0.2) is 0 Å². The second-order valence-electron chi connectivity index (χ2n) is 3.90. The van der Waals surface area contributed by atoms with Crippen molar-refractivity contribution in [2.24, 2.45) is 0 Å². The van der Waals surface area contributed by atoms with Gasteiger partial charge in [-0.05, 0) is 40.7 Å². The quantitative estimate of drug-likeness (QED) is 0.856. The first-order valence-electron chi connectivity index (χ1n) is 5.14. The number of benzene rings is 1. The molecule has 0 amide bonds. The summed E-state index contributed by atoms with van der Waals surface area (Å²) in [6.45, 7) is 1.58. The summed E-state index contributed by atoms with van der Waals surface area (Å²) in [6.07, 6.45) is 0. The van der Waals surface area contributed by atoms with Crippen LogP contribution in [-0.2, 0) is 13.1 Å². The summed E-state index contributed by atoms with van der Waals surface area (Å²) >= 11 is 4.79. The van der Waals surface area contributed by atoms with Crippen LogP contribution in [0.3, 0.4) is 0 Å². The Kier molecular flexibility index (Phi) is 4.25. The number of halogens is 2. The van der Waals surface area contributed by atoms with Gasteiger partial charge < -0.3 is 0 Å². The zero-order chi connectivity index (χ0) is 12.3. The summed E-state index contributed by atoms with van der Waals surface area (Å²) in [5, 5.41) is 2.04. The minimum atomic E-state index is -0.226. The lowest BCUT2D eigenvalue weighted by Gasteiger charge is -2.15. The van der Waals surface area contributed by atoms with E-state index in [0.29, 0.717) is 4.47 Å². The summed E-state index contributed by atoms with van der Waals surface area (Å²) in [7, 11) is 2.02. The van der Waals surface area contributed by atoms with Crippen molar-refractivity contribution in [2.75, 3.05) is 7.05 Å². The molecule has 0 saturated heterocycles. The van der Waals surface area contributed by atoms with E-state index in [-0.39, 0.29) is 5.82 Å². The molecule has 1 heterocycles. The van der Waals surface area contributed by atoms with E-state index in [1.807, 2.05) is 24.0 Å². The monoisotopic (exact) mass is 314 g/mol. The third-order valence-electron chi connectivity index (χ3n) is 2.35. The molecule has 0 saturated carbocycles. The van der Waals surface area contributed by atoms with Crippen molar-refractivity contribution in [1.82, 2.24) is 9.88 Å². The molecule has 0 aliphatic heterocycles. The van der Waals surface area contributed by atoms with E-state index < -0.39 is 0 Å². The van der Waals surface area contributed by atoms with Crippen molar-refractivity contribution in [1.29, 1.82) is 0 Å². The number of nitrogens with zero attached hydrogens (tertiary/aromatic N) is 2. The number of hydrogen-bond acceptors (Lipinski definition) is 3. The maximum absolute atomic E-state index is 13.1. The van der Waals surface area contributed by atoms with Gasteiger partial charge in [0.2, 0.25) is 0 Å². The zero-order valence-corrected chi connectivity index (χ0v) is 11.8. The molecule has 0 N–H and O–H groups in total. The van der Waals surface area contributed by atoms with Crippen molar-refractivity contribution >= 4 is 27.3 Å². The number of thiazole rings is 1. The Morgan fingerprint density at radius 3 is 2.88 bits per heavy atom. The predicted molar refractivity (Wildman–Crippen MR) is 71.4 cm³/mol. The molecular formula is C12H12BrFN2S. The number of rotatable bonds is 4. The third kappa shape index (κ3) is 3.59. The molecule has 5 heteroatoms. The molecule has 2 aromatic rings. The molecule has 0 bridgehead atoms. The fraction of sp³-hybridized carbons (Fsp3) is 0.250. The van der Waals surface area contributed by atoms with Crippen LogP contribution in [0.15, 0.2) is 33.6 Å². The van der Waals surface area contributed by atoms with Gasteiger partial charge in [0.25, 0.3) is 0 Å². The van der Waals surface area contributed by atoms with Crippen LogP contribution in [0.25, 0.3) is 0 Å². The van der Waals surface area contributed by atoms with E-state index in [0.717, 1.165) is 24.3 Å². The molecule has 0 aliphatic rings. The molecular weight excluding hydrogens is 303 g/mol. The van der Waals surface area contributed by atoms with Gasteiger partial charge in [0.1, 0.15) is 5.82 Å². The Hall–Kier alpha value is -0.780.